The number of methoxy groups -OCH3 is 1. The molecule has 52 heavy (non-hydrogen) atoms. The Kier molecular flexibility index (Phi) is 19.1. The molecule has 2 aromatic rings. The Morgan fingerprint density at radius 2 is 0.808 bits per heavy atom. The van der Waals surface area contributed by atoms with Gasteiger partial charge in [-0.15, -0.1) is 0 Å². The molecule has 0 aromatic heterocycles. The number of carbonyl (C=O) groups is 2. The smallest absolute Gasteiger partial charge is 0.306 e. The largest absolute Gasteiger partial charge is 0.507 e. The van der Waals surface area contributed by atoms with Gasteiger partial charge in [0.1, 0.15) is 11.5 Å². The summed E-state index contributed by atoms with van der Waals surface area (Å²) in [6.07, 6.45) is 1.98. The molecule has 10 heteroatoms. The predicted octanol–water partition coefficient (Wildman–Crippen LogP) is 6.52. The Bertz CT molecular complexity index is 1320. The van der Waals surface area contributed by atoms with Gasteiger partial charge in [0.2, 0.25) is 0 Å². The molecule has 0 saturated carbocycles. The quantitative estimate of drug-likeness (QED) is 0.140. The van der Waals surface area contributed by atoms with Gasteiger partial charge < -0.3 is 40.1 Å². The lowest BCUT2D eigenvalue weighted by atomic mass is 9.78. The van der Waals surface area contributed by atoms with E-state index < -0.39 is 31.8 Å². The van der Waals surface area contributed by atoms with Gasteiger partial charge in [0.15, 0.2) is 0 Å². The molecule has 0 unspecified atom stereocenters. The van der Waals surface area contributed by atoms with Crippen LogP contribution in [0.5, 0.6) is 11.5 Å². The number of rotatable bonds is 11. The van der Waals surface area contributed by atoms with Crippen LogP contribution in [-0.4, -0.2) is 82.7 Å². The number of hydrogen-bond donors (Lipinski definition) is 6. The van der Waals surface area contributed by atoms with Crippen molar-refractivity contribution in [2.24, 2.45) is 5.41 Å². The van der Waals surface area contributed by atoms with Crippen molar-refractivity contribution in [3.8, 4) is 11.5 Å². The van der Waals surface area contributed by atoms with Crippen LogP contribution in [-0.2, 0) is 53.6 Å². The van der Waals surface area contributed by atoms with Crippen LogP contribution in [0.15, 0.2) is 24.3 Å². The van der Waals surface area contributed by atoms with Gasteiger partial charge in [-0.2, -0.15) is 0 Å². The number of aromatic hydroxyl groups is 2. The van der Waals surface area contributed by atoms with Crippen LogP contribution in [0.2, 0.25) is 0 Å². The van der Waals surface area contributed by atoms with Crippen molar-refractivity contribution in [1.82, 2.24) is 0 Å². The lowest BCUT2D eigenvalue weighted by Gasteiger charge is -2.28. The standard InChI is InChI=1S/C19H30O3.C18H28O3.C5H12O4/c1-8-22-16(20)10-9-13-11-14(18(2,3)4)17(21)15(12-13)19(5,6)7;1-17(2,3)13-10-12(8-9-15(19)21-7)11-14(16(13)20)18(4,5)6;6-1-5(2-7,3-8)4-9/h11-12,21H,8-10H2,1-7H3;10-11,20H,8-9H2,1-7H3;6-9H,1-4H2. The molecule has 10 nitrogen and oxygen atoms in total. The van der Waals surface area contributed by atoms with Crippen LogP contribution >= 0.6 is 0 Å². The zero-order valence-electron chi connectivity index (χ0n) is 34.5. The van der Waals surface area contributed by atoms with Crippen molar-refractivity contribution in [3.63, 3.8) is 0 Å². The maximum Gasteiger partial charge on any atom is 0.306 e. The number of benzene rings is 2. The minimum absolute atomic E-state index is 0.147. The lowest BCUT2D eigenvalue weighted by Crippen LogP contribution is -2.37. The molecular formula is C42H70O10. The molecule has 0 atom stereocenters. The van der Waals surface area contributed by atoms with E-state index in [1.165, 1.54) is 7.11 Å². The van der Waals surface area contributed by atoms with Crippen molar-refractivity contribution in [1.29, 1.82) is 0 Å². The summed E-state index contributed by atoms with van der Waals surface area (Å²) in [5.41, 5.74) is 4.14. The van der Waals surface area contributed by atoms with Gasteiger partial charge in [-0.1, -0.05) is 107 Å². The number of carbonyl (C=O) groups excluding carboxylic acids is 2. The van der Waals surface area contributed by atoms with Gasteiger partial charge in [-0.3, -0.25) is 9.59 Å². The third-order valence-corrected chi connectivity index (χ3v) is 8.68. The molecule has 0 fully saturated rings. The fourth-order valence-corrected chi connectivity index (χ4v) is 5.09. The Morgan fingerprint density at radius 1 is 0.538 bits per heavy atom. The van der Waals surface area contributed by atoms with E-state index in [9.17, 15) is 19.8 Å². The van der Waals surface area contributed by atoms with Gasteiger partial charge in [0.25, 0.3) is 0 Å². The number of hydrogen-bond acceptors (Lipinski definition) is 10. The Balaban J connectivity index is 0.000000814. The van der Waals surface area contributed by atoms with Crippen molar-refractivity contribution >= 4 is 11.9 Å². The van der Waals surface area contributed by atoms with Crippen LogP contribution < -0.4 is 0 Å². The summed E-state index contributed by atoms with van der Waals surface area (Å²) in [6, 6.07) is 8.05. The topological polar surface area (TPSA) is 174 Å². The fraction of sp³-hybridized carbons (Fsp3) is 0.667. The van der Waals surface area contributed by atoms with Crippen LogP contribution in [0, 0.1) is 5.41 Å². The van der Waals surface area contributed by atoms with Crippen LogP contribution in [0.3, 0.4) is 0 Å². The second-order valence-corrected chi connectivity index (χ2v) is 17.6. The molecule has 0 saturated heterocycles. The highest BCUT2D eigenvalue weighted by Crippen LogP contribution is 2.41. The summed E-state index contributed by atoms with van der Waals surface area (Å²) in [5, 5.41) is 55.3. The van der Waals surface area contributed by atoms with Crippen LogP contribution in [0.4, 0.5) is 0 Å². The summed E-state index contributed by atoms with van der Waals surface area (Å²) >= 11 is 0. The Hall–Kier alpha value is -3.18. The predicted molar refractivity (Wildman–Crippen MR) is 207 cm³/mol. The maximum atomic E-state index is 11.6. The van der Waals surface area contributed by atoms with Crippen molar-refractivity contribution in [2.45, 2.75) is 137 Å². The third kappa shape index (κ3) is 15.4. The molecule has 0 amide bonds. The Morgan fingerprint density at radius 3 is 1.00 bits per heavy atom. The summed E-state index contributed by atoms with van der Waals surface area (Å²) in [4.78, 5) is 22.9. The fourth-order valence-electron chi connectivity index (χ4n) is 5.09. The van der Waals surface area contributed by atoms with Gasteiger partial charge in [0.05, 0.1) is 45.6 Å². The van der Waals surface area contributed by atoms with E-state index in [1.54, 1.807) is 0 Å². The monoisotopic (exact) mass is 734 g/mol. The molecule has 6 N–H and O–H groups in total. The number of aliphatic hydroxyl groups is 4. The molecule has 0 aliphatic heterocycles. The third-order valence-electron chi connectivity index (χ3n) is 8.68. The second kappa shape index (κ2) is 20.3. The first-order valence-electron chi connectivity index (χ1n) is 18.1. The summed E-state index contributed by atoms with van der Waals surface area (Å²) in [7, 11) is 1.40. The van der Waals surface area contributed by atoms with Crippen molar-refractivity contribution in [3.05, 3.63) is 57.6 Å². The molecule has 0 radical (unpaired) electrons. The van der Waals surface area contributed by atoms with E-state index in [4.69, 9.17) is 29.9 Å². The molecular weight excluding hydrogens is 664 g/mol. The summed E-state index contributed by atoms with van der Waals surface area (Å²) in [5.74, 6) is 0.361. The van der Waals surface area contributed by atoms with E-state index in [0.717, 1.165) is 33.4 Å². The van der Waals surface area contributed by atoms with Crippen molar-refractivity contribution < 1.29 is 49.7 Å². The SMILES string of the molecule is CCOC(=O)CCc1cc(C(C)(C)C)c(O)c(C(C)(C)C)c1.COC(=O)CCc1cc(C(C)(C)C)c(O)c(C(C)(C)C)c1.OCC(CO)(CO)CO. The summed E-state index contributed by atoms with van der Waals surface area (Å²) < 4.78 is 9.70. The molecule has 2 rings (SSSR count). The number of aryl methyl sites for hydroxylation is 2. The normalized spacial score (nSPS) is 12.3. The highest BCUT2D eigenvalue weighted by molar-refractivity contribution is 5.70. The highest BCUT2D eigenvalue weighted by atomic mass is 16.5. The molecule has 0 aliphatic carbocycles. The Labute approximate surface area is 313 Å². The number of ether oxygens (including phenoxy) is 2. The van der Waals surface area contributed by atoms with E-state index in [2.05, 4.69) is 83.1 Å². The van der Waals surface area contributed by atoms with Gasteiger partial charge in [0, 0.05) is 12.8 Å². The van der Waals surface area contributed by atoms with E-state index in [-0.39, 0.29) is 33.6 Å². The number of aliphatic hydroxyl groups excluding tert-OH is 4. The van der Waals surface area contributed by atoms with Gasteiger partial charge in [-0.25, -0.2) is 0 Å². The van der Waals surface area contributed by atoms with E-state index >= 15 is 0 Å². The van der Waals surface area contributed by atoms with Crippen molar-refractivity contribution in [2.75, 3.05) is 40.1 Å². The van der Waals surface area contributed by atoms with E-state index in [0.29, 0.717) is 43.8 Å². The first kappa shape index (κ1) is 48.8. The summed E-state index contributed by atoms with van der Waals surface area (Å²) in [6.45, 7) is 25.6. The number of phenols is 2. The minimum Gasteiger partial charge on any atom is -0.507 e. The maximum absolute atomic E-state index is 11.6. The molecule has 0 heterocycles. The first-order chi connectivity index (χ1) is 23.7. The molecule has 0 aliphatic rings. The van der Waals surface area contributed by atoms with Gasteiger partial charge in [-0.05, 0) is 74.8 Å². The first-order valence-corrected chi connectivity index (χ1v) is 18.1. The van der Waals surface area contributed by atoms with Gasteiger partial charge >= 0.3 is 11.9 Å². The van der Waals surface area contributed by atoms with Crippen LogP contribution in [0.1, 0.15) is 136 Å². The molecule has 2 aromatic carbocycles. The minimum atomic E-state index is -1.11. The molecule has 0 bridgehead atoms. The highest BCUT2D eigenvalue weighted by Gasteiger charge is 2.28. The average Bonchev–Trinajstić information content (AvgIpc) is 3.03. The average molecular weight is 735 g/mol. The zero-order chi connectivity index (χ0) is 40.9. The number of phenolic OH excluding ortho intramolecular Hbond substituents is 2. The zero-order valence-corrected chi connectivity index (χ0v) is 34.5. The second-order valence-electron chi connectivity index (χ2n) is 17.6. The van der Waals surface area contributed by atoms with E-state index in [1.807, 2.05) is 31.2 Å². The lowest BCUT2D eigenvalue weighted by molar-refractivity contribution is -0.143. The molecule has 298 valence electrons. The number of esters is 2. The van der Waals surface area contributed by atoms with Crippen LogP contribution in [0.25, 0.3) is 0 Å². The molecule has 0 spiro atoms.